The SMILES string of the molecule is COc1ccc(NC(=O)CN2C[C@H](C)O[C@@H](C3CC3)C2)cc1. The number of ether oxygens (including phenoxy) is 2. The Bertz CT molecular complexity index is 513. The molecule has 3 rings (SSSR count). The van der Waals surface area contributed by atoms with Gasteiger partial charge < -0.3 is 14.8 Å². The van der Waals surface area contributed by atoms with Crippen LogP contribution in [0.4, 0.5) is 5.69 Å². The molecule has 0 spiro atoms. The van der Waals surface area contributed by atoms with Gasteiger partial charge in [-0.15, -0.1) is 0 Å². The largest absolute Gasteiger partial charge is 0.497 e. The molecule has 1 heterocycles. The van der Waals surface area contributed by atoms with Gasteiger partial charge >= 0.3 is 0 Å². The van der Waals surface area contributed by atoms with Gasteiger partial charge in [0.25, 0.3) is 0 Å². The van der Waals surface area contributed by atoms with E-state index in [4.69, 9.17) is 9.47 Å². The van der Waals surface area contributed by atoms with Crippen LogP contribution in [0.5, 0.6) is 5.75 Å². The average molecular weight is 304 g/mol. The Morgan fingerprint density at radius 1 is 1.32 bits per heavy atom. The summed E-state index contributed by atoms with van der Waals surface area (Å²) in [5, 5.41) is 2.94. The number of carbonyl (C=O) groups is 1. The van der Waals surface area contributed by atoms with Crippen LogP contribution in [0.1, 0.15) is 19.8 Å². The van der Waals surface area contributed by atoms with Gasteiger partial charge in [0.1, 0.15) is 5.75 Å². The third-order valence-electron chi connectivity index (χ3n) is 4.25. The third-order valence-corrected chi connectivity index (χ3v) is 4.25. The molecule has 2 fully saturated rings. The highest BCUT2D eigenvalue weighted by Crippen LogP contribution is 2.36. The second kappa shape index (κ2) is 6.67. The molecule has 1 amide bonds. The van der Waals surface area contributed by atoms with E-state index in [-0.39, 0.29) is 12.0 Å². The molecule has 120 valence electrons. The van der Waals surface area contributed by atoms with Crippen molar-refractivity contribution in [3.63, 3.8) is 0 Å². The molecule has 5 nitrogen and oxygen atoms in total. The van der Waals surface area contributed by atoms with Crippen LogP contribution in [0.2, 0.25) is 0 Å². The van der Waals surface area contributed by atoms with Gasteiger partial charge in [0, 0.05) is 18.8 Å². The fraction of sp³-hybridized carbons (Fsp3) is 0.588. The molecule has 5 heteroatoms. The van der Waals surface area contributed by atoms with Crippen LogP contribution in [0, 0.1) is 5.92 Å². The van der Waals surface area contributed by atoms with Gasteiger partial charge in [0.15, 0.2) is 0 Å². The van der Waals surface area contributed by atoms with Crippen molar-refractivity contribution in [1.82, 2.24) is 4.90 Å². The Labute approximate surface area is 131 Å². The van der Waals surface area contributed by atoms with Crippen LogP contribution in [0.25, 0.3) is 0 Å². The zero-order chi connectivity index (χ0) is 15.5. The van der Waals surface area contributed by atoms with Crippen LogP contribution in [0.3, 0.4) is 0 Å². The zero-order valence-electron chi connectivity index (χ0n) is 13.2. The summed E-state index contributed by atoms with van der Waals surface area (Å²) < 4.78 is 11.1. The van der Waals surface area contributed by atoms with E-state index in [0.29, 0.717) is 18.6 Å². The molecule has 22 heavy (non-hydrogen) atoms. The second-order valence-electron chi connectivity index (χ2n) is 6.29. The molecule has 0 radical (unpaired) electrons. The van der Waals surface area contributed by atoms with E-state index in [9.17, 15) is 4.79 Å². The summed E-state index contributed by atoms with van der Waals surface area (Å²) in [6.07, 6.45) is 3.04. The number of anilines is 1. The van der Waals surface area contributed by atoms with E-state index in [1.807, 2.05) is 24.3 Å². The van der Waals surface area contributed by atoms with E-state index in [1.165, 1.54) is 12.8 Å². The lowest BCUT2D eigenvalue weighted by Gasteiger charge is -2.36. The Hall–Kier alpha value is -1.59. The van der Waals surface area contributed by atoms with Crippen LogP contribution in [-0.4, -0.2) is 49.8 Å². The molecule has 1 aromatic rings. The molecule has 2 atom stereocenters. The van der Waals surface area contributed by atoms with E-state index >= 15 is 0 Å². The van der Waals surface area contributed by atoms with Crippen molar-refractivity contribution < 1.29 is 14.3 Å². The Morgan fingerprint density at radius 3 is 2.68 bits per heavy atom. The van der Waals surface area contributed by atoms with Gasteiger partial charge in [-0.2, -0.15) is 0 Å². The molecule has 1 aliphatic heterocycles. The number of amides is 1. The molecule has 1 saturated carbocycles. The number of rotatable bonds is 5. The lowest BCUT2D eigenvalue weighted by atomic mass is 10.1. The first-order chi connectivity index (χ1) is 10.6. The summed E-state index contributed by atoms with van der Waals surface area (Å²) in [7, 11) is 1.63. The van der Waals surface area contributed by atoms with Crippen LogP contribution < -0.4 is 10.1 Å². The number of hydrogen-bond acceptors (Lipinski definition) is 4. The van der Waals surface area contributed by atoms with Gasteiger partial charge in [-0.3, -0.25) is 9.69 Å². The van der Waals surface area contributed by atoms with Crippen molar-refractivity contribution in [2.24, 2.45) is 5.92 Å². The zero-order valence-corrected chi connectivity index (χ0v) is 13.2. The van der Waals surface area contributed by atoms with Gasteiger partial charge in [-0.25, -0.2) is 0 Å². The molecule has 1 aromatic carbocycles. The fourth-order valence-electron chi connectivity index (χ4n) is 3.01. The smallest absolute Gasteiger partial charge is 0.238 e. The summed E-state index contributed by atoms with van der Waals surface area (Å²) in [4.78, 5) is 14.4. The van der Waals surface area contributed by atoms with Crippen molar-refractivity contribution in [2.75, 3.05) is 32.1 Å². The predicted octanol–water partition coefficient (Wildman–Crippen LogP) is 2.13. The number of benzene rings is 1. The monoisotopic (exact) mass is 304 g/mol. The summed E-state index contributed by atoms with van der Waals surface area (Å²) in [6.45, 7) is 4.19. The van der Waals surface area contributed by atoms with Crippen LogP contribution >= 0.6 is 0 Å². The minimum absolute atomic E-state index is 0.0220. The molecule has 0 bridgehead atoms. The highest BCUT2D eigenvalue weighted by atomic mass is 16.5. The van der Waals surface area contributed by atoms with Gasteiger partial charge in [0.05, 0.1) is 25.9 Å². The molecule has 0 aromatic heterocycles. The first-order valence-corrected chi connectivity index (χ1v) is 7.96. The van der Waals surface area contributed by atoms with Crippen LogP contribution in [0.15, 0.2) is 24.3 Å². The molecule has 1 aliphatic carbocycles. The molecular weight excluding hydrogens is 280 g/mol. The Balaban J connectivity index is 1.51. The summed E-state index contributed by atoms with van der Waals surface area (Å²) in [5.74, 6) is 1.51. The Kier molecular flexibility index (Phi) is 4.64. The van der Waals surface area contributed by atoms with E-state index in [2.05, 4.69) is 17.1 Å². The third kappa shape index (κ3) is 3.99. The first-order valence-electron chi connectivity index (χ1n) is 7.96. The minimum atomic E-state index is 0.0220. The summed E-state index contributed by atoms with van der Waals surface area (Å²) in [6, 6.07) is 7.39. The molecule has 2 aliphatic rings. The van der Waals surface area contributed by atoms with E-state index in [0.717, 1.165) is 24.5 Å². The Morgan fingerprint density at radius 2 is 2.05 bits per heavy atom. The van der Waals surface area contributed by atoms with E-state index in [1.54, 1.807) is 7.11 Å². The molecular formula is C17H24N2O3. The maximum Gasteiger partial charge on any atom is 0.238 e. The number of nitrogens with one attached hydrogen (secondary N) is 1. The fourth-order valence-corrected chi connectivity index (χ4v) is 3.01. The number of hydrogen-bond donors (Lipinski definition) is 1. The van der Waals surface area contributed by atoms with Crippen molar-refractivity contribution >= 4 is 11.6 Å². The molecule has 1 saturated heterocycles. The quantitative estimate of drug-likeness (QED) is 0.905. The van der Waals surface area contributed by atoms with Crippen molar-refractivity contribution in [1.29, 1.82) is 0 Å². The lowest BCUT2D eigenvalue weighted by molar-refractivity contribution is -0.122. The van der Waals surface area contributed by atoms with Gasteiger partial charge in [-0.1, -0.05) is 0 Å². The number of carbonyl (C=O) groups excluding carboxylic acids is 1. The minimum Gasteiger partial charge on any atom is -0.497 e. The lowest BCUT2D eigenvalue weighted by Crippen LogP contribution is -2.49. The number of morpholine rings is 1. The molecule has 1 N–H and O–H groups in total. The maximum atomic E-state index is 12.2. The maximum absolute atomic E-state index is 12.2. The van der Waals surface area contributed by atoms with Gasteiger partial charge in [-0.05, 0) is 49.9 Å². The topological polar surface area (TPSA) is 50.8 Å². The summed E-state index contributed by atoms with van der Waals surface area (Å²) in [5.41, 5.74) is 0.797. The summed E-state index contributed by atoms with van der Waals surface area (Å²) >= 11 is 0. The van der Waals surface area contributed by atoms with E-state index < -0.39 is 0 Å². The van der Waals surface area contributed by atoms with Gasteiger partial charge in [0.2, 0.25) is 5.91 Å². The average Bonchev–Trinajstić information content (AvgIpc) is 3.32. The number of nitrogens with zero attached hydrogens (tertiary/aromatic N) is 1. The highest BCUT2D eigenvalue weighted by molar-refractivity contribution is 5.92. The van der Waals surface area contributed by atoms with Crippen molar-refractivity contribution in [2.45, 2.75) is 32.0 Å². The first kappa shape index (κ1) is 15.3. The van der Waals surface area contributed by atoms with Crippen molar-refractivity contribution in [3.05, 3.63) is 24.3 Å². The standard InChI is InChI=1S/C17H24N2O3/c1-12-9-19(10-16(22-12)13-3-4-13)11-17(20)18-14-5-7-15(21-2)8-6-14/h5-8,12-13,16H,3-4,9-11H2,1-2H3,(H,18,20)/t12-,16+/m0/s1. The van der Waals surface area contributed by atoms with Crippen molar-refractivity contribution in [3.8, 4) is 5.75 Å². The normalized spacial score (nSPS) is 25.7. The predicted molar refractivity (Wildman–Crippen MR) is 85.1 cm³/mol. The number of methoxy groups -OCH3 is 1. The van der Waals surface area contributed by atoms with Crippen LogP contribution in [-0.2, 0) is 9.53 Å². The highest BCUT2D eigenvalue weighted by Gasteiger charge is 2.37. The second-order valence-corrected chi connectivity index (χ2v) is 6.29. The molecule has 0 unspecified atom stereocenters.